The summed E-state index contributed by atoms with van der Waals surface area (Å²) in [5.74, 6) is -0.694. The Morgan fingerprint density at radius 3 is 2.45 bits per heavy atom. The Balaban J connectivity index is 1.85. The zero-order valence-electron chi connectivity index (χ0n) is 18.4. The van der Waals surface area contributed by atoms with Crippen molar-refractivity contribution in [3.05, 3.63) is 58.6 Å². The summed E-state index contributed by atoms with van der Waals surface area (Å²) < 4.78 is 0. The fourth-order valence-electron chi connectivity index (χ4n) is 3.51. The van der Waals surface area contributed by atoms with Gasteiger partial charge >= 0.3 is 0 Å². The quantitative estimate of drug-likeness (QED) is 0.583. The molecule has 1 fully saturated rings. The van der Waals surface area contributed by atoms with Gasteiger partial charge in [-0.2, -0.15) is 5.26 Å². The van der Waals surface area contributed by atoms with E-state index in [2.05, 4.69) is 36.3 Å². The van der Waals surface area contributed by atoms with Crippen LogP contribution < -0.4 is 10.6 Å². The number of nitrogens with zero attached hydrogens (tertiary/aromatic N) is 1. The minimum Gasteiger partial charge on any atom is -0.340 e. The van der Waals surface area contributed by atoms with Gasteiger partial charge in [0.1, 0.15) is 11.6 Å². The molecule has 0 aromatic heterocycles. The highest BCUT2D eigenvalue weighted by molar-refractivity contribution is 6.76. The summed E-state index contributed by atoms with van der Waals surface area (Å²) in [6.07, 6.45) is 1.29. The number of benzene rings is 2. The Morgan fingerprint density at radius 1 is 1.19 bits per heavy atom. The molecule has 0 heterocycles. The van der Waals surface area contributed by atoms with Crippen LogP contribution in [0.1, 0.15) is 28.8 Å². The molecule has 1 aliphatic rings. The highest BCUT2D eigenvalue weighted by Crippen LogP contribution is 2.35. The smallest absolute Gasteiger partial charge is 0.253 e. The maximum Gasteiger partial charge on any atom is 0.253 e. The van der Waals surface area contributed by atoms with Gasteiger partial charge in [0.25, 0.3) is 5.91 Å². The van der Waals surface area contributed by atoms with Crippen molar-refractivity contribution in [2.75, 3.05) is 0 Å². The predicted octanol–water partition coefficient (Wildman–Crippen LogP) is 4.92. The maximum absolute atomic E-state index is 13.1. The molecule has 2 amide bonds. The third kappa shape index (κ3) is 5.75. The van der Waals surface area contributed by atoms with E-state index in [1.807, 2.05) is 37.3 Å². The van der Waals surface area contributed by atoms with E-state index in [1.54, 1.807) is 12.1 Å². The lowest BCUT2D eigenvalue weighted by molar-refractivity contribution is -0.123. The van der Waals surface area contributed by atoms with Crippen molar-refractivity contribution in [2.45, 2.75) is 57.0 Å². The topological polar surface area (TPSA) is 82.0 Å². The fraction of sp³-hybridized carbons (Fsp3) is 0.375. The van der Waals surface area contributed by atoms with Crippen LogP contribution in [0, 0.1) is 18.3 Å². The SMILES string of the molecule is Cc1cccc(-c2cccc(C(=O)NC(C[Si](C)(C)C)C(=O)NC3(C#N)CC3)c2Cl)c1. The first-order chi connectivity index (χ1) is 14.5. The van der Waals surface area contributed by atoms with Crippen LogP contribution in [0.4, 0.5) is 0 Å². The van der Waals surface area contributed by atoms with Gasteiger partial charge in [-0.1, -0.05) is 73.2 Å². The summed E-state index contributed by atoms with van der Waals surface area (Å²) in [6.45, 7) is 8.42. The third-order valence-electron chi connectivity index (χ3n) is 5.34. The highest BCUT2D eigenvalue weighted by atomic mass is 35.5. The van der Waals surface area contributed by atoms with Gasteiger partial charge in [-0.25, -0.2) is 0 Å². The lowest BCUT2D eigenvalue weighted by Gasteiger charge is -2.26. The zero-order valence-corrected chi connectivity index (χ0v) is 20.1. The molecule has 1 aliphatic carbocycles. The largest absolute Gasteiger partial charge is 0.340 e. The molecule has 1 atom stereocenters. The summed E-state index contributed by atoms with van der Waals surface area (Å²) in [7, 11) is -1.69. The van der Waals surface area contributed by atoms with Crippen molar-refractivity contribution < 1.29 is 9.59 Å². The molecule has 0 saturated heterocycles. The Bertz CT molecular complexity index is 1050. The van der Waals surface area contributed by atoms with Crippen molar-refractivity contribution in [1.29, 1.82) is 5.26 Å². The number of carbonyl (C=O) groups is 2. The third-order valence-corrected chi connectivity index (χ3v) is 7.38. The van der Waals surface area contributed by atoms with Crippen LogP contribution in [0.25, 0.3) is 11.1 Å². The summed E-state index contributed by atoms with van der Waals surface area (Å²) in [5.41, 5.74) is 2.35. The molecule has 2 N–H and O–H groups in total. The summed E-state index contributed by atoms with van der Waals surface area (Å²) >= 11 is 6.63. The minimum absolute atomic E-state index is 0.305. The molecule has 162 valence electrons. The van der Waals surface area contributed by atoms with Gasteiger partial charge in [-0.3, -0.25) is 9.59 Å². The zero-order chi connectivity index (χ0) is 22.8. The van der Waals surface area contributed by atoms with E-state index in [0.29, 0.717) is 29.5 Å². The number of carbonyl (C=O) groups excluding carboxylic acids is 2. The number of aryl methyl sites for hydroxylation is 1. The molecule has 3 rings (SSSR count). The maximum atomic E-state index is 13.1. The van der Waals surface area contributed by atoms with Gasteiger partial charge in [0.05, 0.1) is 16.7 Å². The molecular formula is C24H28ClN3O2Si. The van der Waals surface area contributed by atoms with Crippen LogP contribution in [0.5, 0.6) is 0 Å². The van der Waals surface area contributed by atoms with Crippen molar-refractivity contribution in [1.82, 2.24) is 10.6 Å². The van der Waals surface area contributed by atoms with E-state index in [4.69, 9.17) is 11.6 Å². The number of halogens is 1. The second-order valence-corrected chi connectivity index (χ2v) is 15.4. The van der Waals surface area contributed by atoms with Crippen LogP contribution in [-0.2, 0) is 4.79 Å². The molecule has 2 aromatic carbocycles. The van der Waals surface area contributed by atoms with Crippen LogP contribution in [0.3, 0.4) is 0 Å². The summed E-state index contributed by atoms with van der Waals surface area (Å²) in [4.78, 5) is 26.1. The molecule has 0 aliphatic heterocycles. The molecule has 2 aromatic rings. The van der Waals surface area contributed by atoms with Gasteiger partial charge < -0.3 is 10.6 Å². The van der Waals surface area contributed by atoms with Gasteiger partial charge in [0.2, 0.25) is 5.91 Å². The van der Waals surface area contributed by atoms with E-state index < -0.39 is 19.7 Å². The highest BCUT2D eigenvalue weighted by Gasteiger charge is 2.46. The first-order valence-electron chi connectivity index (χ1n) is 10.4. The average molecular weight is 454 g/mol. The second-order valence-electron chi connectivity index (χ2n) is 9.51. The monoisotopic (exact) mass is 453 g/mol. The fourth-order valence-corrected chi connectivity index (χ4v) is 5.35. The van der Waals surface area contributed by atoms with E-state index in [9.17, 15) is 14.9 Å². The molecule has 0 bridgehead atoms. The molecule has 31 heavy (non-hydrogen) atoms. The molecule has 1 unspecified atom stereocenters. The van der Waals surface area contributed by atoms with Crippen LogP contribution in [0.2, 0.25) is 30.7 Å². The minimum atomic E-state index is -1.69. The van der Waals surface area contributed by atoms with Gasteiger partial charge in [-0.15, -0.1) is 0 Å². The predicted molar refractivity (Wildman–Crippen MR) is 127 cm³/mol. The first kappa shape index (κ1) is 23.0. The number of hydrogen-bond acceptors (Lipinski definition) is 3. The van der Waals surface area contributed by atoms with Crippen LogP contribution >= 0.6 is 11.6 Å². The number of nitriles is 1. The number of rotatable bonds is 7. The lowest BCUT2D eigenvalue weighted by Crippen LogP contribution is -2.52. The molecule has 5 nitrogen and oxygen atoms in total. The van der Waals surface area contributed by atoms with Crippen molar-refractivity contribution in [2.24, 2.45) is 0 Å². The van der Waals surface area contributed by atoms with Gasteiger partial charge in [0.15, 0.2) is 0 Å². The van der Waals surface area contributed by atoms with Gasteiger partial charge in [0, 0.05) is 13.6 Å². The Morgan fingerprint density at radius 2 is 1.87 bits per heavy atom. The molecule has 0 radical (unpaired) electrons. The van der Waals surface area contributed by atoms with E-state index in [0.717, 1.165) is 16.7 Å². The first-order valence-corrected chi connectivity index (χ1v) is 14.5. The molecule has 1 saturated carbocycles. The summed E-state index contributed by atoms with van der Waals surface area (Å²) in [6, 6.07) is 15.3. The average Bonchev–Trinajstić information content (AvgIpc) is 3.46. The van der Waals surface area contributed by atoms with E-state index in [-0.39, 0.29) is 11.8 Å². The lowest BCUT2D eigenvalue weighted by atomic mass is 10.0. The Hall–Kier alpha value is -2.62. The standard InChI is InChI=1S/C24H28ClN3O2Si/c1-16-7-5-8-17(13-16)18-9-6-10-19(21(18)25)22(29)27-20(14-31(2,3)4)23(30)28-24(15-26)11-12-24/h5-10,13,20H,11-12,14H2,1-4H3,(H,27,29)(H,28,30). The Labute approximate surface area is 189 Å². The second kappa shape index (κ2) is 8.86. The van der Waals surface area contributed by atoms with Crippen molar-refractivity contribution >= 4 is 31.5 Å². The van der Waals surface area contributed by atoms with Crippen LogP contribution in [0.15, 0.2) is 42.5 Å². The number of amides is 2. The van der Waals surface area contributed by atoms with Gasteiger partial charge in [-0.05, 0) is 37.4 Å². The number of hydrogen-bond donors (Lipinski definition) is 2. The molecule has 7 heteroatoms. The van der Waals surface area contributed by atoms with Crippen molar-refractivity contribution in [3.63, 3.8) is 0 Å². The summed E-state index contributed by atoms with van der Waals surface area (Å²) in [5, 5.41) is 15.4. The van der Waals surface area contributed by atoms with Crippen molar-refractivity contribution in [3.8, 4) is 17.2 Å². The van der Waals surface area contributed by atoms with E-state index >= 15 is 0 Å². The Kier molecular flexibility index (Phi) is 6.58. The normalized spacial score (nSPS) is 15.5. The number of nitrogens with one attached hydrogen (secondary N) is 2. The molecular weight excluding hydrogens is 426 g/mol. The van der Waals surface area contributed by atoms with E-state index in [1.165, 1.54) is 0 Å². The van der Waals surface area contributed by atoms with Crippen LogP contribution in [-0.4, -0.2) is 31.5 Å². The molecule has 0 spiro atoms.